The SMILES string of the molecule is C[N+](C)(C)C[C@H](O)CC(=O)O.[Mg+2]. The average molecular weight is 187 g/mol. The number of hydrogen-bond acceptors (Lipinski definition) is 2. The van der Waals surface area contributed by atoms with Crippen LogP contribution in [-0.4, -0.2) is 77.5 Å². The smallest absolute Gasteiger partial charge is 0.481 e. The van der Waals surface area contributed by atoms with Gasteiger partial charge in [0.25, 0.3) is 0 Å². The molecule has 0 aliphatic carbocycles. The Morgan fingerprint density at radius 3 is 2.08 bits per heavy atom. The van der Waals surface area contributed by atoms with Crippen LogP contribution in [0, 0.1) is 0 Å². The number of aliphatic hydroxyl groups excluding tert-OH is 1. The first-order chi connectivity index (χ1) is 4.81. The summed E-state index contributed by atoms with van der Waals surface area (Å²) < 4.78 is 0.578. The molecule has 0 rings (SSSR count). The van der Waals surface area contributed by atoms with Crippen molar-refractivity contribution in [3.63, 3.8) is 0 Å². The molecule has 0 aromatic carbocycles. The molecule has 0 bridgehead atoms. The molecule has 12 heavy (non-hydrogen) atoms. The standard InChI is InChI=1S/C7H15NO3.Mg/c1-8(2,3)5-6(9)4-7(10)11;/h6,9H,4-5H2,1-3H3;/q;+2/p+1/t6-;/m1./s1. The van der Waals surface area contributed by atoms with Crippen molar-refractivity contribution in [3.05, 3.63) is 0 Å². The van der Waals surface area contributed by atoms with Crippen molar-refractivity contribution in [3.8, 4) is 0 Å². The van der Waals surface area contributed by atoms with Gasteiger partial charge in [0, 0.05) is 0 Å². The molecule has 0 radical (unpaired) electrons. The van der Waals surface area contributed by atoms with Gasteiger partial charge in [-0.3, -0.25) is 4.79 Å². The van der Waals surface area contributed by atoms with Crippen LogP contribution < -0.4 is 0 Å². The Bertz CT molecular complexity index is 144. The zero-order chi connectivity index (χ0) is 9.07. The minimum atomic E-state index is -0.953. The van der Waals surface area contributed by atoms with E-state index in [-0.39, 0.29) is 29.5 Å². The summed E-state index contributed by atoms with van der Waals surface area (Å²) in [4.78, 5) is 10.1. The van der Waals surface area contributed by atoms with Gasteiger partial charge in [0.15, 0.2) is 0 Å². The van der Waals surface area contributed by atoms with Crippen molar-refractivity contribution in [2.75, 3.05) is 27.7 Å². The molecular formula is C7H16MgNO3+3. The number of aliphatic carboxylic acids is 1. The van der Waals surface area contributed by atoms with Gasteiger partial charge in [-0.15, -0.1) is 0 Å². The molecule has 0 aromatic rings. The summed E-state index contributed by atoms with van der Waals surface area (Å²) in [6.45, 7) is 0.465. The second-order valence-corrected chi connectivity index (χ2v) is 3.72. The fourth-order valence-electron chi connectivity index (χ4n) is 0.898. The van der Waals surface area contributed by atoms with Crippen molar-refractivity contribution >= 4 is 29.0 Å². The normalized spacial score (nSPS) is 13.3. The number of carbonyl (C=O) groups is 1. The average Bonchev–Trinajstić information content (AvgIpc) is 1.53. The Hall–Kier alpha value is 0.156. The van der Waals surface area contributed by atoms with E-state index < -0.39 is 12.1 Å². The number of nitrogens with zero attached hydrogens (tertiary/aromatic N) is 1. The molecule has 0 spiro atoms. The molecular weight excluding hydrogens is 170 g/mol. The molecule has 0 aromatic heterocycles. The number of hydrogen-bond donors (Lipinski definition) is 2. The number of aliphatic hydroxyl groups is 1. The van der Waals surface area contributed by atoms with Crippen molar-refractivity contribution in [1.29, 1.82) is 0 Å². The number of carboxylic acid groups (broad SMARTS) is 1. The number of rotatable bonds is 4. The van der Waals surface area contributed by atoms with Gasteiger partial charge in [-0.2, -0.15) is 0 Å². The van der Waals surface area contributed by atoms with Crippen LogP contribution in [0.3, 0.4) is 0 Å². The number of carboxylic acids is 1. The number of quaternary nitrogens is 1. The molecule has 0 fully saturated rings. The maximum atomic E-state index is 10.1. The van der Waals surface area contributed by atoms with Crippen LogP contribution >= 0.6 is 0 Å². The van der Waals surface area contributed by atoms with Gasteiger partial charge in [-0.1, -0.05) is 0 Å². The summed E-state index contributed by atoms with van der Waals surface area (Å²) in [5.74, 6) is -0.953. The first-order valence-electron chi connectivity index (χ1n) is 3.51. The zero-order valence-corrected chi connectivity index (χ0v) is 9.36. The van der Waals surface area contributed by atoms with Crippen LogP contribution in [0.25, 0.3) is 0 Å². The van der Waals surface area contributed by atoms with Gasteiger partial charge in [0.2, 0.25) is 0 Å². The van der Waals surface area contributed by atoms with E-state index >= 15 is 0 Å². The van der Waals surface area contributed by atoms with Gasteiger partial charge >= 0.3 is 29.0 Å². The second-order valence-electron chi connectivity index (χ2n) is 3.72. The van der Waals surface area contributed by atoms with Crippen LogP contribution in [-0.2, 0) is 4.79 Å². The zero-order valence-electron chi connectivity index (χ0n) is 7.95. The molecule has 0 amide bonds. The summed E-state index contributed by atoms with van der Waals surface area (Å²) >= 11 is 0. The topological polar surface area (TPSA) is 57.5 Å². The van der Waals surface area contributed by atoms with E-state index in [2.05, 4.69) is 0 Å². The molecule has 1 atom stereocenters. The van der Waals surface area contributed by atoms with Gasteiger partial charge in [-0.05, 0) is 0 Å². The van der Waals surface area contributed by atoms with E-state index in [1.165, 1.54) is 0 Å². The van der Waals surface area contributed by atoms with Crippen LogP contribution in [0.15, 0.2) is 0 Å². The molecule has 0 heterocycles. The Balaban J connectivity index is 0. The Morgan fingerprint density at radius 2 is 1.83 bits per heavy atom. The van der Waals surface area contributed by atoms with Gasteiger partial charge in [-0.25, -0.2) is 0 Å². The quantitative estimate of drug-likeness (QED) is 0.444. The van der Waals surface area contributed by atoms with E-state index in [0.717, 1.165) is 0 Å². The molecule has 0 aliphatic heterocycles. The predicted octanol–water partition coefficient (Wildman–Crippen LogP) is -0.853. The summed E-state index contributed by atoms with van der Waals surface area (Å²) in [6.07, 6.45) is -0.914. The van der Waals surface area contributed by atoms with Crippen LogP contribution in [0.1, 0.15) is 6.42 Å². The summed E-state index contributed by atoms with van der Waals surface area (Å²) in [6, 6.07) is 0. The molecule has 66 valence electrons. The van der Waals surface area contributed by atoms with Crippen molar-refractivity contribution in [1.82, 2.24) is 0 Å². The second kappa shape index (κ2) is 5.74. The third-order valence-corrected chi connectivity index (χ3v) is 1.17. The van der Waals surface area contributed by atoms with Crippen molar-refractivity contribution < 1.29 is 19.5 Å². The maximum absolute atomic E-state index is 10.1. The largest absolute Gasteiger partial charge is 2.00 e. The Morgan fingerprint density at radius 1 is 1.42 bits per heavy atom. The number of likely N-dealkylation sites (N-methyl/N-ethyl adjacent to an activating group) is 1. The third-order valence-electron chi connectivity index (χ3n) is 1.17. The van der Waals surface area contributed by atoms with Crippen LogP contribution in [0.5, 0.6) is 0 Å². The fraction of sp³-hybridized carbons (Fsp3) is 0.857. The minimum absolute atomic E-state index is 0. The molecule has 4 nitrogen and oxygen atoms in total. The van der Waals surface area contributed by atoms with Gasteiger partial charge in [0.05, 0.1) is 27.6 Å². The molecule has 0 aliphatic rings. The maximum Gasteiger partial charge on any atom is 2.00 e. The molecule has 5 heteroatoms. The molecule has 0 saturated carbocycles. The predicted molar refractivity (Wildman–Crippen MR) is 46.9 cm³/mol. The third kappa shape index (κ3) is 10.2. The van der Waals surface area contributed by atoms with E-state index in [9.17, 15) is 4.79 Å². The first kappa shape index (κ1) is 14.7. The Labute approximate surface area is 88.9 Å². The summed E-state index contributed by atoms with van der Waals surface area (Å²) in [5, 5.41) is 17.5. The van der Waals surface area contributed by atoms with E-state index in [4.69, 9.17) is 10.2 Å². The summed E-state index contributed by atoms with van der Waals surface area (Å²) in [7, 11) is 5.72. The fourth-order valence-corrected chi connectivity index (χ4v) is 0.898. The van der Waals surface area contributed by atoms with Gasteiger partial charge in [0.1, 0.15) is 12.6 Å². The summed E-state index contributed by atoms with van der Waals surface area (Å²) in [5.41, 5.74) is 0. The van der Waals surface area contributed by atoms with E-state index in [0.29, 0.717) is 11.0 Å². The minimum Gasteiger partial charge on any atom is -0.481 e. The van der Waals surface area contributed by atoms with E-state index in [1.807, 2.05) is 21.1 Å². The van der Waals surface area contributed by atoms with Crippen LogP contribution in [0.2, 0.25) is 0 Å². The molecule has 0 saturated heterocycles. The Kier molecular flexibility index (Phi) is 7.02. The molecule has 0 unspecified atom stereocenters. The first-order valence-corrected chi connectivity index (χ1v) is 3.51. The van der Waals surface area contributed by atoms with E-state index in [1.54, 1.807) is 0 Å². The molecule has 2 N–H and O–H groups in total. The van der Waals surface area contributed by atoms with Crippen molar-refractivity contribution in [2.45, 2.75) is 12.5 Å². The monoisotopic (exact) mass is 186 g/mol. The van der Waals surface area contributed by atoms with Gasteiger partial charge < -0.3 is 14.7 Å². The van der Waals surface area contributed by atoms with Crippen LogP contribution in [0.4, 0.5) is 0 Å². The van der Waals surface area contributed by atoms with Crippen molar-refractivity contribution in [2.24, 2.45) is 0 Å².